The number of amides is 1. The lowest BCUT2D eigenvalue weighted by Gasteiger charge is -2.32. The molecule has 0 radical (unpaired) electrons. The smallest absolute Gasteiger partial charge is 0.234 e. The van der Waals surface area contributed by atoms with Gasteiger partial charge in [-0.05, 0) is 29.8 Å². The van der Waals surface area contributed by atoms with E-state index in [0.717, 1.165) is 11.3 Å². The summed E-state index contributed by atoms with van der Waals surface area (Å²) in [5.41, 5.74) is 0.924. The molecule has 1 atom stereocenters. The van der Waals surface area contributed by atoms with Gasteiger partial charge in [-0.1, -0.05) is 30.3 Å². The number of carbonyl (C=O) groups excluding carboxylic acids is 1. The molecule has 0 spiro atoms. The van der Waals surface area contributed by atoms with Crippen molar-refractivity contribution in [1.29, 1.82) is 0 Å². The Morgan fingerprint density at radius 2 is 1.96 bits per heavy atom. The van der Waals surface area contributed by atoms with Crippen LogP contribution in [0.25, 0.3) is 0 Å². The number of nitrogens with one attached hydrogen (secondary N) is 1. The third-order valence-electron chi connectivity index (χ3n) is 4.20. The van der Waals surface area contributed by atoms with Gasteiger partial charge in [0, 0.05) is 13.1 Å². The predicted molar refractivity (Wildman–Crippen MR) is 96.5 cm³/mol. The van der Waals surface area contributed by atoms with Gasteiger partial charge in [-0.15, -0.1) is 0 Å². The van der Waals surface area contributed by atoms with Crippen molar-refractivity contribution in [3.63, 3.8) is 0 Å². The molecule has 0 bridgehead atoms. The summed E-state index contributed by atoms with van der Waals surface area (Å²) in [6.45, 7) is 3.06. The maximum absolute atomic E-state index is 13.0. The molecule has 5 nitrogen and oxygen atoms in total. The van der Waals surface area contributed by atoms with Gasteiger partial charge in [-0.25, -0.2) is 4.39 Å². The van der Waals surface area contributed by atoms with E-state index in [1.54, 1.807) is 12.1 Å². The normalized spacial score (nSPS) is 17.7. The highest BCUT2D eigenvalue weighted by atomic mass is 19.1. The summed E-state index contributed by atoms with van der Waals surface area (Å²) in [7, 11) is 0. The molecule has 0 aromatic heterocycles. The molecule has 3 rings (SSSR count). The first-order valence-corrected chi connectivity index (χ1v) is 8.75. The second kappa shape index (κ2) is 9.31. The maximum Gasteiger partial charge on any atom is 0.234 e. The second-order valence-corrected chi connectivity index (χ2v) is 6.16. The minimum absolute atomic E-state index is 0.0404. The number of hydrogen-bond acceptors (Lipinski definition) is 4. The highest BCUT2D eigenvalue weighted by Gasteiger charge is 2.23. The molecule has 26 heavy (non-hydrogen) atoms. The largest absolute Gasteiger partial charge is 0.492 e. The fourth-order valence-electron chi connectivity index (χ4n) is 2.86. The van der Waals surface area contributed by atoms with E-state index >= 15 is 0 Å². The minimum Gasteiger partial charge on any atom is -0.492 e. The van der Waals surface area contributed by atoms with Gasteiger partial charge in [0.25, 0.3) is 0 Å². The van der Waals surface area contributed by atoms with Gasteiger partial charge in [0.2, 0.25) is 5.91 Å². The van der Waals surface area contributed by atoms with Crippen LogP contribution < -0.4 is 10.1 Å². The Hall–Kier alpha value is -2.44. The zero-order valence-electron chi connectivity index (χ0n) is 14.6. The van der Waals surface area contributed by atoms with Crippen molar-refractivity contribution < 1.29 is 18.7 Å². The summed E-state index contributed by atoms with van der Waals surface area (Å²) < 4.78 is 24.3. The van der Waals surface area contributed by atoms with Gasteiger partial charge in [-0.2, -0.15) is 0 Å². The van der Waals surface area contributed by atoms with Crippen LogP contribution in [-0.4, -0.2) is 50.2 Å². The molecule has 1 fully saturated rings. The molecule has 1 aliphatic heterocycles. The van der Waals surface area contributed by atoms with Crippen molar-refractivity contribution in [1.82, 2.24) is 10.2 Å². The monoisotopic (exact) mass is 358 g/mol. The summed E-state index contributed by atoms with van der Waals surface area (Å²) >= 11 is 0. The lowest BCUT2D eigenvalue weighted by molar-refractivity contribution is -0.124. The molecule has 1 aliphatic rings. The summed E-state index contributed by atoms with van der Waals surface area (Å²) in [5.74, 6) is 0.483. The van der Waals surface area contributed by atoms with E-state index in [4.69, 9.17) is 9.47 Å². The van der Waals surface area contributed by atoms with Gasteiger partial charge in [-0.3, -0.25) is 9.69 Å². The fourth-order valence-corrected chi connectivity index (χ4v) is 2.86. The Labute approximate surface area is 152 Å². The zero-order chi connectivity index (χ0) is 18.2. The quantitative estimate of drug-likeness (QED) is 0.772. The summed E-state index contributed by atoms with van der Waals surface area (Å²) in [4.78, 5) is 14.2. The van der Waals surface area contributed by atoms with E-state index in [1.165, 1.54) is 12.1 Å². The van der Waals surface area contributed by atoms with Crippen molar-refractivity contribution in [2.75, 3.05) is 39.4 Å². The Morgan fingerprint density at radius 1 is 1.19 bits per heavy atom. The lowest BCUT2D eigenvalue weighted by Crippen LogP contribution is -2.44. The Kier molecular flexibility index (Phi) is 6.57. The first kappa shape index (κ1) is 18.4. The van der Waals surface area contributed by atoms with Gasteiger partial charge in [0.05, 0.1) is 25.8 Å². The molecular formula is C20H23FN2O3. The Morgan fingerprint density at radius 3 is 2.73 bits per heavy atom. The first-order chi connectivity index (χ1) is 12.7. The van der Waals surface area contributed by atoms with E-state index in [2.05, 4.69) is 5.32 Å². The standard InChI is InChI=1S/C20H23FN2O3/c21-17-8-6-16(7-9-17)19-14-23(11-13-26-19)15-20(24)22-10-12-25-18-4-2-1-3-5-18/h1-9,19H,10-15H2,(H,22,24). The van der Waals surface area contributed by atoms with Crippen molar-refractivity contribution >= 4 is 5.91 Å². The van der Waals surface area contributed by atoms with Gasteiger partial charge >= 0.3 is 0 Å². The average Bonchev–Trinajstić information content (AvgIpc) is 2.67. The summed E-state index contributed by atoms with van der Waals surface area (Å²) in [6.07, 6.45) is -0.140. The molecule has 1 amide bonds. The fraction of sp³-hybridized carbons (Fsp3) is 0.350. The van der Waals surface area contributed by atoms with Gasteiger partial charge in [0.1, 0.15) is 18.2 Å². The average molecular weight is 358 g/mol. The van der Waals surface area contributed by atoms with Gasteiger partial charge < -0.3 is 14.8 Å². The van der Waals surface area contributed by atoms with Crippen LogP contribution >= 0.6 is 0 Å². The SMILES string of the molecule is O=C(CN1CCOC(c2ccc(F)cc2)C1)NCCOc1ccccc1. The van der Waals surface area contributed by atoms with Crippen molar-refractivity contribution in [3.8, 4) is 5.75 Å². The number of para-hydroxylation sites is 1. The molecule has 1 N–H and O–H groups in total. The minimum atomic E-state index is -0.265. The Balaban J connectivity index is 1.39. The number of carbonyl (C=O) groups is 1. The van der Waals surface area contributed by atoms with Crippen molar-refractivity contribution in [2.24, 2.45) is 0 Å². The first-order valence-electron chi connectivity index (χ1n) is 8.75. The molecule has 2 aromatic rings. The topological polar surface area (TPSA) is 50.8 Å². The van der Waals surface area contributed by atoms with Crippen molar-refractivity contribution in [3.05, 3.63) is 66.0 Å². The zero-order valence-corrected chi connectivity index (χ0v) is 14.6. The van der Waals surface area contributed by atoms with Crippen LogP contribution in [0.3, 0.4) is 0 Å². The Bertz CT molecular complexity index is 694. The number of benzene rings is 2. The van der Waals surface area contributed by atoms with E-state index in [1.807, 2.05) is 35.2 Å². The van der Waals surface area contributed by atoms with Crippen LogP contribution in [0.2, 0.25) is 0 Å². The summed E-state index contributed by atoms with van der Waals surface area (Å²) in [5, 5.41) is 2.87. The van der Waals surface area contributed by atoms with E-state index in [0.29, 0.717) is 39.4 Å². The molecular weight excluding hydrogens is 335 g/mol. The van der Waals surface area contributed by atoms with E-state index in [9.17, 15) is 9.18 Å². The molecule has 2 aromatic carbocycles. The third kappa shape index (κ3) is 5.54. The number of hydrogen-bond donors (Lipinski definition) is 1. The molecule has 1 unspecified atom stereocenters. The predicted octanol–water partition coefficient (Wildman–Crippen LogP) is 2.39. The van der Waals surface area contributed by atoms with Crippen LogP contribution in [-0.2, 0) is 9.53 Å². The number of nitrogens with zero attached hydrogens (tertiary/aromatic N) is 1. The highest BCUT2D eigenvalue weighted by molar-refractivity contribution is 5.78. The van der Waals surface area contributed by atoms with E-state index < -0.39 is 0 Å². The summed E-state index contributed by atoms with van der Waals surface area (Å²) in [6, 6.07) is 15.8. The molecule has 6 heteroatoms. The van der Waals surface area contributed by atoms with Crippen LogP contribution in [0.15, 0.2) is 54.6 Å². The molecule has 138 valence electrons. The lowest BCUT2D eigenvalue weighted by atomic mass is 10.1. The highest BCUT2D eigenvalue weighted by Crippen LogP contribution is 2.22. The van der Waals surface area contributed by atoms with E-state index in [-0.39, 0.29) is 17.8 Å². The maximum atomic E-state index is 13.0. The number of morpholine rings is 1. The number of rotatable bonds is 7. The molecule has 1 heterocycles. The molecule has 1 saturated heterocycles. The third-order valence-corrected chi connectivity index (χ3v) is 4.20. The van der Waals surface area contributed by atoms with Crippen LogP contribution in [0.4, 0.5) is 4.39 Å². The second-order valence-electron chi connectivity index (χ2n) is 6.16. The van der Waals surface area contributed by atoms with Gasteiger partial charge in [0.15, 0.2) is 0 Å². The molecule has 0 saturated carbocycles. The number of ether oxygens (including phenoxy) is 2. The number of halogens is 1. The van der Waals surface area contributed by atoms with Crippen molar-refractivity contribution in [2.45, 2.75) is 6.10 Å². The molecule has 0 aliphatic carbocycles. The van der Waals surface area contributed by atoms with Crippen LogP contribution in [0.5, 0.6) is 5.75 Å². The van der Waals surface area contributed by atoms with Crippen LogP contribution in [0.1, 0.15) is 11.7 Å². The van der Waals surface area contributed by atoms with Crippen LogP contribution in [0, 0.1) is 5.82 Å².